The molecule has 7 heteroatoms. The van der Waals surface area contributed by atoms with Crippen LogP contribution in [0.25, 0.3) is 33.1 Å². The predicted octanol–water partition coefficient (Wildman–Crippen LogP) is 4.87. The molecule has 0 radical (unpaired) electrons. The number of benzene rings is 2. The van der Waals surface area contributed by atoms with Crippen molar-refractivity contribution in [3.05, 3.63) is 53.6 Å². The molecule has 1 fully saturated rings. The predicted molar refractivity (Wildman–Crippen MR) is 130 cm³/mol. The fourth-order valence-corrected chi connectivity index (χ4v) is 4.38. The number of piperazine rings is 1. The average Bonchev–Trinajstić information content (AvgIpc) is 2.82. The molecule has 0 aliphatic carbocycles. The second kappa shape index (κ2) is 8.45. The molecule has 0 saturated carbocycles. The minimum atomic E-state index is 0.676. The van der Waals surface area contributed by atoms with Gasteiger partial charge in [-0.3, -0.25) is 0 Å². The monoisotopic (exact) mass is 448 g/mol. The largest absolute Gasteiger partial charge is 0.493 e. The summed E-state index contributed by atoms with van der Waals surface area (Å²) in [5.74, 6) is 2.32. The molecule has 1 aliphatic rings. The highest BCUT2D eigenvalue weighted by Gasteiger charge is 2.21. The number of likely N-dealkylation sites (N-methyl/N-ethyl adjacent to an activating group) is 1. The molecule has 0 spiro atoms. The number of nitrogens with zero attached hydrogens (tertiary/aromatic N) is 4. The van der Waals surface area contributed by atoms with Crippen molar-refractivity contribution in [2.45, 2.75) is 0 Å². The van der Waals surface area contributed by atoms with E-state index in [-0.39, 0.29) is 0 Å². The van der Waals surface area contributed by atoms with E-state index in [1.54, 1.807) is 14.2 Å². The Bertz CT molecular complexity index is 1290. The van der Waals surface area contributed by atoms with Gasteiger partial charge in [0.15, 0.2) is 17.1 Å². The molecule has 2 aromatic carbocycles. The van der Waals surface area contributed by atoms with Crippen molar-refractivity contribution in [3.8, 4) is 22.6 Å². The zero-order valence-corrected chi connectivity index (χ0v) is 19.2. The van der Waals surface area contributed by atoms with E-state index in [1.807, 2.05) is 36.4 Å². The van der Waals surface area contributed by atoms with Crippen LogP contribution >= 0.6 is 11.6 Å². The summed E-state index contributed by atoms with van der Waals surface area (Å²) in [5, 5.41) is 2.57. The van der Waals surface area contributed by atoms with Gasteiger partial charge in [0.2, 0.25) is 0 Å². The first-order valence-electron chi connectivity index (χ1n) is 10.6. The van der Waals surface area contributed by atoms with Crippen LogP contribution < -0.4 is 14.4 Å². The molecule has 6 nitrogen and oxygen atoms in total. The Morgan fingerprint density at radius 1 is 0.875 bits per heavy atom. The number of hydrogen-bond acceptors (Lipinski definition) is 6. The maximum Gasteiger partial charge on any atom is 0.170 e. The summed E-state index contributed by atoms with van der Waals surface area (Å²) in [6.45, 7) is 3.85. The number of rotatable bonds is 4. The molecule has 0 atom stereocenters. The third-order valence-electron chi connectivity index (χ3n) is 6.06. The number of anilines is 1. The van der Waals surface area contributed by atoms with Crippen LogP contribution in [0.2, 0.25) is 5.02 Å². The molecule has 164 valence electrons. The third kappa shape index (κ3) is 3.70. The maximum atomic E-state index is 6.16. The molecule has 0 amide bonds. The number of methoxy groups -OCH3 is 2. The van der Waals surface area contributed by atoms with Gasteiger partial charge in [0, 0.05) is 47.5 Å². The normalized spacial score (nSPS) is 14.8. The van der Waals surface area contributed by atoms with Crippen LogP contribution in [-0.4, -0.2) is 62.3 Å². The van der Waals surface area contributed by atoms with Crippen LogP contribution in [0, 0.1) is 0 Å². The smallest absolute Gasteiger partial charge is 0.170 e. The summed E-state index contributed by atoms with van der Waals surface area (Å²) < 4.78 is 11.1. The SMILES string of the molecule is COc1ccc2nc3nc(N4CCN(C)CC4)c(-c4ccc(Cl)cc4)cc3cc2c1OC. The summed E-state index contributed by atoms with van der Waals surface area (Å²) >= 11 is 6.16. The number of fused-ring (bicyclic) bond motifs is 2. The Balaban J connectivity index is 1.74. The van der Waals surface area contributed by atoms with Crippen molar-refractivity contribution < 1.29 is 9.47 Å². The molecule has 5 rings (SSSR count). The molecule has 0 bridgehead atoms. The Morgan fingerprint density at radius 2 is 1.62 bits per heavy atom. The molecular formula is C25H25ClN4O2. The summed E-state index contributed by atoms with van der Waals surface area (Å²) in [6, 6.07) is 16.0. The minimum absolute atomic E-state index is 0.676. The molecule has 0 unspecified atom stereocenters. The van der Waals surface area contributed by atoms with Crippen LogP contribution in [0.4, 0.5) is 5.82 Å². The van der Waals surface area contributed by atoms with Crippen LogP contribution in [0.15, 0.2) is 48.5 Å². The maximum absolute atomic E-state index is 6.16. The molecule has 0 N–H and O–H groups in total. The van der Waals surface area contributed by atoms with Crippen molar-refractivity contribution in [1.82, 2.24) is 14.9 Å². The lowest BCUT2D eigenvalue weighted by Crippen LogP contribution is -2.45. The van der Waals surface area contributed by atoms with Gasteiger partial charge in [-0.25, -0.2) is 9.97 Å². The van der Waals surface area contributed by atoms with E-state index < -0.39 is 0 Å². The van der Waals surface area contributed by atoms with Gasteiger partial charge in [-0.1, -0.05) is 23.7 Å². The van der Waals surface area contributed by atoms with Gasteiger partial charge in [-0.2, -0.15) is 0 Å². The summed E-state index contributed by atoms with van der Waals surface area (Å²) in [7, 11) is 5.44. The van der Waals surface area contributed by atoms with E-state index in [1.165, 1.54) is 0 Å². The van der Waals surface area contributed by atoms with Gasteiger partial charge in [0.1, 0.15) is 5.82 Å². The fourth-order valence-electron chi connectivity index (χ4n) is 4.25. The highest BCUT2D eigenvalue weighted by molar-refractivity contribution is 6.30. The van der Waals surface area contributed by atoms with Gasteiger partial charge in [0.25, 0.3) is 0 Å². The topological polar surface area (TPSA) is 50.7 Å². The second-order valence-corrected chi connectivity index (χ2v) is 8.50. The van der Waals surface area contributed by atoms with Crippen LogP contribution in [0.5, 0.6) is 11.5 Å². The van der Waals surface area contributed by atoms with Crippen molar-refractivity contribution in [3.63, 3.8) is 0 Å². The third-order valence-corrected chi connectivity index (χ3v) is 6.31. The standard InChI is InChI=1S/C25H25ClN4O2/c1-29-10-12-30(13-11-29)25-19(16-4-6-18(26)7-5-16)14-17-15-20-21(27-24(17)28-25)8-9-22(31-2)23(20)32-3/h4-9,14-15H,10-13H2,1-3H3. The highest BCUT2D eigenvalue weighted by Crippen LogP contribution is 2.38. The minimum Gasteiger partial charge on any atom is -0.493 e. The molecule has 32 heavy (non-hydrogen) atoms. The molecule has 1 saturated heterocycles. The van der Waals surface area contributed by atoms with Gasteiger partial charge < -0.3 is 19.3 Å². The summed E-state index contributed by atoms with van der Waals surface area (Å²) in [4.78, 5) is 14.6. The van der Waals surface area contributed by atoms with Crippen molar-refractivity contribution >= 4 is 39.4 Å². The number of halogens is 1. The van der Waals surface area contributed by atoms with Gasteiger partial charge in [-0.15, -0.1) is 0 Å². The lowest BCUT2D eigenvalue weighted by Gasteiger charge is -2.34. The Hall–Kier alpha value is -3.09. The Labute approximate surface area is 192 Å². The van der Waals surface area contributed by atoms with Gasteiger partial charge >= 0.3 is 0 Å². The molecule has 4 aromatic rings. The van der Waals surface area contributed by atoms with Crippen LogP contribution in [0.3, 0.4) is 0 Å². The van der Waals surface area contributed by atoms with E-state index >= 15 is 0 Å². The molecule has 3 heterocycles. The number of ether oxygens (including phenoxy) is 2. The number of pyridine rings is 2. The van der Waals surface area contributed by atoms with Crippen LogP contribution in [0.1, 0.15) is 0 Å². The molecule has 1 aliphatic heterocycles. The van der Waals surface area contributed by atoms with E-state index in [2.05, 4.69) is 29.0 Å². The number of hydrogen-bond donors (Lipinski definition) is 0. The second-order valence-electron chi connectivity index (χ2n) is 8.06. The quantitative estimate of drug-likeness (QED) is 0.415. The summed E-state index contributed by atoms with van der Waals surface area (Å²) in [5.41, 5.74) is 3.69. The van der Waals surface area contributed by atoms with E-state index in [0.29, 0.717) is 16.5 Å². The fraction of sp³-hybridized carbons (Fsp3) is 0.280. The molecular weight excluding hydrogens is 424 g/mol. The lowest BCUT2D eigenvalue weighted by atomic mass is 10.0. The Morgan fingerprint density at radius 3 is 2.31 bits per heavy atom. The van der Waals surface area contributed by atoms with Crippen molar-refractivity contribution in [2.24, 2.45) is 0 Å². The molecule has 2 aromatic heterocycles. The number of aromatic nitrogens is 2. The van der Waals surface area contributed by atoms with E-state index in [9.17, 15) is 0 Å². The van der Waals surface area contributed by atoms with E-state index in [0.717, 1.165) is 65.1 Å². The Kier molecular flexibility index (Phi) is 5.49. The van der Waals surface area contributed by atoms with Gasteiger partial charge in [0.05, 0.1) is 19.7 Å². The summed E-state index contributed by atoms with van der Waals surface area (Å²) in [6.07, 6.45) is 0. The first kappa shape index (κ1) is 20.8. The zero-order valence-electron chi connectivity index (χ0n) is 18.4. The van der Waals surface area contributed by atoms with Gasteiger partial charge in [-0.05, 0) is 49.0 Å². The highest BCUT2D eigenvalue weighted by atomic mass is 35.5. The van der Waals surface area contributed by atoms with Crippen molar-refractivity contribution in [2.75, 3.05) is 52.3 Å². The first-order valence-corrected chi connectivity index (χ1v) is 11.0. The van der Waals surface area contributed by atoms with E-state index in [4.69, 9.17) is 31.0 Å². The lowest BCUT2D eigenvalue weighted by molar-refractivity contribution is 0.312. The zero-order chi connectivity index (χ0) is 22.2. The van der Waals surface area contributed by atoms with Crippen LogP contribution in [-0.2, 0) is 0 Å². The first-order chi connectivity index (χ1) is 15.6. The average molecular weight is 449 g/mol. The van der Waals surface area contributed by atoms with Crippen molar-refractivity contribution in [1.29, 1.82) is 0 Å².